The van der Waals surface area contributed by atoms with Crippen molar-refractivity contribution in [2.75, 3.05) is 14.2 Å². The van der Waals surface area contributed by atoms with E-state index >= 15 is 0 Å². The maximum absolute atomic E-state index is 7.12. The van der Waals surface area contributed by atoms with E-state index in [0.29, 0.717) is 0 Å². The second-order valence-electron chi connectivity index (χ2n) is 2.43. The van der Waals surface area contributed by atoms with Crippen LogP contribution in [0, 0.1) is 6.92 Å². The van der Waals surface area contributed by atoms with E-state index in [1.165, 1.54) is 0 Å². The molecule has 0 saturated carbocycles. The van der Waals surface area contributed by atoms with E-state index in [2.05, 4.69) is 0 Å². The molecule has 0 fully saturated rings. The fourth-order valence-electron chi connectivity index (χ4n) is 1.04. The lowest BCUT2D eigenvalue weighted by Crippen LogP contribution is -1.90. The van der Waals surface area contributed by atoms with E-state index in [9.17, 15) is 0 Å². The van der Waals surface area contributed by atoms with E-state index in [1.807, 2.05) is 25.1 Å². The summed E-state index contributed by atoms with van der Waals surface area (Å²) in [4.78, 5) is 0. The predicted molar refractivity (Wildman–Crippen MR) is 55.9 cm³/mol. The van der Waals surface area contributed by atoms with Crippen LogP contribution in [0.5, 0.6) is 11.5 Å². The highest BCUT2D eigenvalue weighted by molar-refractivity contribution is 6.13. The summed E-state index contributed by atoms with van der Waals surface area (Å²) in [6, 6.07) is 5.74. The van der Waals surface area contributed by atoms with Crippen molar-refractivity contribution in [3.05, 3.63) is 23.8 Å². The van der Waals surface area contributed by atoms with Crippen LogP contribution < -0.4 is 9.47 Å². The Bertz CT molecular complexity index is 243. The van der Waals surface area contributed by atoms with E-state index in [-0.39, 0.29) is 0 Å². The van der Waals surface area contributed by atoms with Gasteiger partial charge in [-0.15, -0.1) is 0 Å². The third kappa shape index (κ3) is 3.68. The maximum atomic E-state index is 7.12. The molecule has 0 amide bonds. The lowest BCUT2D eigenvalue weighted by molar-refractivity contribution is 0.389. The monoisotopic (exact) mass is 198 g/mol. The van der Waals surface area contributed by atoms with Crippen LogP contribution in [0.25, 0.3) is 0 Å². The van der Waals surface area contributed by atoms with Gasteiger partial charge in [0.25, 0.3) is 0 Å². The average molecular weight is 198 g/mol. The van der Waals surface area contributed by atoms with Crippen molar-refractivity contribution in [1.29, 1.82) is 0 Å². The molecule has 0 aliphatic heterocycles. The van der Waals surface area contributed by atoms with Crippen LogP contribution in [0.15, 0.2) is 18.2 Å². The summed E-state index contributed by atoms with van der Waals surface area (Å²) in [5.74, 6) is 1.73. The van der Waals surface area contributed by atoms with Crippen LogP contribution >= 0.6 is 0 Å². The molecule has 0 aromatic heterocycles. The molecular formula is C9H15BO4. The molecule has 1 rings (SSSR count). The second-order valence-corrected chi connectivity index (χ2v) is 2.43. The van der Waals surface area contributed by atoms with Gasteiger partial charge in [0.1, 0.15) is 11.5 Å². The highest BCUT2D eigenvalue weighted by Gasteiger charge is 2.01. The zero-order valence-electron chi connectivity index (χ0n) is 8.65. The fraction of sp³-hybridized carbons (Fsp3) is 0.333. The lowest BCUT2D eigenvalue weighted by atomic mass is 10.2. The first-order valence-corrected chi connectivity index (χ1v) is 4.10. The molecular weight excluding hydrogens is 183 g/mol. The van der Waals surface area contributed by atoms with Crippen LogP contribution in [-0.2, 0) is 0 Å². The molecule has 0 atom stereocenters. The zero-order valence-corrected chi connectivity index (χ0v) is 8.65. The van der Waals surface area contributed by atoms with Gasteiger partial charge >= 0.3 is 7.69 Å². The number of hydrogen-bond acceptors (Lipinski definition) is 4. The number of benzene rings is 1. The van der Waals surface area contributed by atoms with Crippen molar-refractivity contribution in [1.82, 2.24) is 0 Å². The third-order valence-corrected chi connectivity index (χ3v) is 1.67. The van der Waals surface area contributed by atoms with Crippen molar-refractivity contribution in [2.24, 2.45) is 0 Å². The average Bonchev–Trinajstić information content (AvgIpc) is 2.19. The Morgan fingerprint density at radius 2 is 1.43 bits per heavy atom. The first-order valence-electron chi connectivity index (χ1n) is 4.10. The Kier molecular flexibility index (Phi) is 6.61. The van der Waals surface area contributed by atoms with Gasteiger partial charge in [-0.1, -0.05) is 6.07 Å². The summed E-state index contributed by atoms with van der Waals surface area (Å²) in [5.41, 5.74) is 1.04. The predicted octanol–water partition coefficient (Wildman–Crippen LogP) is 0.250. The molecule has 1 aromatic carbocycles. The van der Waals surface area contributed by atoms with Crippen molar-refractivity contribution < 1.29 is 19.5 Å². The standard InChI is InChI=1S/C9H12O2.BH3O2/c1-7-8(10-2)5-4-6-9(7)11-3;2-1-3/h4-6H,1-3H3;1-3H. The van der Waals surface area contributed by atoms with Crippen molar-refractivity contribution in [2.45, 2.75) is 6.92 Å². The Morgan fingerprint density at radius 3 is 1.71 bits per heavy atom. The van der Waals surface area contributed by atoms with Crippen molar-refractivity contribution in [3.8, 4) is 11.5 Å². The molecule has 0 saturated heterocycles. The first kappa shape index (κ1) is 12.8. The van der Waals surface area contributed by atoms with E-state index < -0.39 is 7.69 Å². The normalized spacial score (nSPS) is 8.36. The minimum atomic E-state index is -0.750. The first-order chi connectivity index (χ1) is 6.71. The zero-order chi connectivity index (χ0) is 11.0. The van der Waals surface area contributed by atoms with E-state index in [1.54, 1.807) is 14.2 Å². The topological polar surface area (TPSA) is 58.9 Å². The maximum Gasteiger partial charge on any atom is 0.432 e. The van der Waals surface area contributed by atoms with Gasteiger partial charge in [-0.2, -0.15) is 0 Å². The number of methoxy groups -OCH3 is 2. The highest BCUT2D eigenvalue weighted by atomic mass is 16.5. The quantitative estimate of drug-likeness (QED) is 0.668. The van der Waals surface area contributed by atoms with Gasteiger partial charge in [0.2, 0.25) is 0 Å². The fourth-order valence-corrected chi connectivity index (χ4v) is 1.04. The molecule has 78 valence electrons. The molecule has 0 heterocycles. The van der Waals surface area contributed by atoms with Crippen LogP contribution in [0.2, 0.25) is 0 Å². The summed E-state index contributed by atoms with van der Waals surface area (Å²) in [5, 5.41) is 14.2. The van der Waals surface area contributed by atoms with Gasteiger partial charge in [0, 0.05) is 5.56 Å². The summed E-state index contributed by atoms with van der Waals surface area (Å²) >= 11 is 0. The largest absolute Gasteiger partial charge is 0.496 e. The van der Waals surface area contributed by atoms with Gasteiger partial charge in [0.05, 0.1) is 14.2 Å². The van der Waals surface area contributed by atoms with Crippen LogP contribution in [-0.4, -0.2) is 32.0 Å². The number of ether oxygens (including phenoxy) is 2. The lowest BCUT2D eigenvalue weighted by Gasteiger charge is -2.07. The van der Waals surface area contributed by atoms with Gasteiger partial charge in [-0.3, -0.25) is 0 Å². The molecule has 0 unspecified atom stereocenters. The smallest absolute Gasteiger partial charge is 0.432 e. The van der Waals surface area contributed by atoms with Gasteiger partial charge < -0.3 is 19.5 Å². The molecule has 2 N–H and O–H groups in total. The Labute approximate surface area is 84.4 Å². The van der Waals surface area contributed by atoms with Gasteiger partial charge in [-0.05, 0) is 19.1 Å². The number of hydrogen-bond donors (Lipinski definition) is 2. The Hall–Kier alpha value is -1.20. The molecule has 14 heavy (non-hydrogen) atoms. The second kappa shape index (κ2) is 7.23. The molecule has 0 radical (unpaired) electrons. The van der Waals surface area contributed by atoms with Crippen LogP contribution in [0.3, 0.4) is 0 Å². The summed E-state index contributed by atoms with van der Waals surface area (Å²) in [7, 11) is 2.56. The third-order valence-electron chi connectivity index (χ3n) is 1.67. The van der Waals surface area contributed by atoms with Crippen molar-refractivity contribution >= 4 is 7.69 Å². The SMILES string of the molecule is COc1cccc(OC)c1C.OBO. The molecule has 4 nitrogen and oxygen atoms in total. The molecule has 0 aliphatic rings. The number of rotatable bonds is 2. The molecule has 5 heteroatoms. The Balaban J connectivity index is 0.000000500. The molecule has 0 bridgehead atoms. The summed E-state index contributed by atoms with van der Waals surface area (Å²) in [6.45, 7) is 1.97. The van der Waals surface area contributed by atoms with Crippen LogP contribution in [0.4, 0.5) is 0 Å². The summed E-state index contributed by atoms with van der Waals surface area (Å²) in [6.07, 6.45) is 0. The molecule has 0 spiro atoms. The molecule has 0 aliphatic carbocycles. The van der Waals surface area contributed by atoms with Crippen molar-refractivity contribution in [3.63, 3.8) is 0 Å². The van der Waals surface area contributed by atoms with Gasteiger partial charge in [0.15, 0.2) is 0 Å². The van der Waals surface area contributed by atoms with Crippen LogP contribution in [0.1, 0.15) is 5.56 Å². The summed E-state index contributed by atoms with van der Waals surface area (Å²) < 4.78 is 10.2. The van der Waals surface area contributed by atoms with E-state index in [4.69, 9.17) is 19.5 Å². The van der Waals surface area contributed by atoms with E-state index in [0.717, 1.165) is 17.1 Å². The van der Waals surface area contributed by atoms with Gasteiger partial charge in [-0.25, -0.2) is 0 Å². The highest BCUT2D eigenvalue weighted by Crippen LogP contribution is 2.26. The minimum absolute atomic E-state index is 0.750. The molecule has 1 aromatic rings. The minimum Gasteiger partial charge on any atom is -0.496 e. The Morgan fingerprint density at radius 1 is 1.07 bits per heavy atom.